The van der Waals surface area contributed by atoms with E-state index in [2.05, 4.69) is 51.5 Å². The van der Waals surface area contributed by atoms with Crippen LogP contribution in [-0.2, 0) is 17.9 Å². The Hall–Kier alpha value is -2.21. The number of benzene rings is 1. The number of carbonyl (C=O) groups excluding carboxylic acids is 1. The zero-order valence-electron chi connectivity index (χ0n) is 14.2. The first-order valence-corrected chi connectivity index (χ1v) is 8.56. The summed E-state index contributed by atoms with van der Waals surface area (Å²) in [5, 5.41) is 7.19. The zero-order valence-corrected chi connectivity index (χ0v) is 14.2. The van der Waals surface area contributed by atoms with Gasteiger partial charge in [0.05, 0.1) is 6.54 Å². The van der Waals surface area contributed by atoms with Gasteiger partial charge in [-0.3, -0.25) is 14.4 Å². The van der Waals surface area contributed by atoms with Crippen molar-refractivity contribution in [2.75, 3.05) is 19.6 Å². The molecular formula is C18H25N5O. The number of amides is 1. The van der Waals surface area contributed by atoms with Gasteiger partial charge in [-0.2, -0.15) is 5.10 Å². The lowest BCUT2D eigenvalue weighted by Crippen LogP contribution is -2.43. The lowest BCUT2D eigenvalue weighted by atomic mass is 9.98. The van der Waals surface area contributed by atoms with Gasteiger partial charge in [0.2, 0.25) is 5.91 Å². The fraction of sp³-hybridized carbons (Fsp3) is 0.500. The molecule has 1 N–H and O–H groups in total. The van der Waals surface area contributed by atoms with Gasteiger partial charge in [-0.05, 0) is 37.8 Å². The molecule has 6 heteroatoms. The number of carbonyl (C=O) groups is 1. The SMILES string of the molecule is Cc1ccc(CNC(=O)CN2CCCC(Cn3cncn3)C2)cc1. The highest BCUT2D eigenvalue weighted by atomic mass is 16.2. The average Bonchev–Trinajstić information content (AvgIpc) is 3.08. The zero-order chi connectivity index (χ0) is 16.8. The molecule has 24 heavy (non-hydrogen) atoms. The molecule has 3 rings (SSSR count). The summed E-state index contributed by atoms with van der Waals surface area (Å²) in [5.41, 5.74) is 2.37. The largest absolute Gasteiger partial charge is 0.351 e. The lowest BCUT2D eigenvalue weighted by molar-refractivity contribution is -0.122. The molecule has 1 atom stereocenters. The minimum atomic E-state index is 0.0944. The fourth-order valence-electron chi connectivity index (χ4n) is 3.20. The van der Waals surface area contributed by atoms with E-state index in [1.54, 1.807) is 12.7 Å². The molecule has 0 saturated carbocycles. The summed E-state index contributed by atoms with van der Waals surface area (Å²) in [6.07, 6.45) is 5.64. The second kappa shape index (κ2) is 8.06. The molecule has 1 unspecified atom stereocenters. The molecule has 0 aliphatic carbocycles. The Kier molecular flexibility index (Phi) is 5.59. The summed E-state index contributed by atoms with van der Waals surface area (Å²) < 4.78 is 1.88. The third-order valence-corrected chi connectivity index (χ3v) is 4.49. The molecule has 0 radical (unpaired) electrons. The average molecular weight is 327 g/mol. The number of piperidine rings is 1. The van der Waals surface area contributed by atoms with E-state index in [0.717, 1.165) is 31.6 Å². The molecule has 2 heterocycles. The molecule has 128 valence electrons. The van der Waals surface area contributed by atoms with Gasteiger partial charge in [0.15, 0.2) is 0 Å². The van der Waals surface area contributed by atoms with Gasteiger partial charge < -0.3 is 5.32 Å². The highest BCUT2D eigenvalue weighted by molar-refractivity contribution is 5.78. The molecule has 1 aromatic heterocycles. The van der Waals surface area contributed by atoms with E-state index in [9.17, 15) is 4.79 Å². The predicted octanol–water partition coefficient (Wildman–Crippen LogP) is 1.61. The van der Waals surface area contributed by atoms with Crippen molar-refractivity contribution < 1.29 is 4.79 Å². The quantitative estimate of drug-likeness (QED) is 0.876. The maximum atomic E-state index is 12.2. The van der Waals surface area contributed by atoms with Crippen molar-refractivity contribution in [1.29, 1.82) is 0 Å². The minimum absolute atomic E-state index is 0.0944. The standard InChI is InChI=1S/C18H25N5O/c1-15-4-6-16(7-5-15)9-20-18(24)12-22-8-2-3-17(10-22)11-23-14-19-13-21-23/h4-7,13-14,17H,2-3,8-12H2,1H3,(H,20,24). The predicted molar refractivity (Wildman–Crippen MR) is 92.2 cm³/mol. The van der Waals surface area contributed by atoms with Crippen molar-refractivity contribution >= 4 is 5.91 Å². The number of hydrogen-bond donors (Lipinski definition) is 1. The Morgan fingerprint density at radius 2 is 2.17 bits per heavy atom. The maximum absolute atomic E-state index is 12.2. The molecule has 6 nitrogen and oxygen atoms in total. The van der Waals surface area contributed by atoms with Crippen molar-refractivity contribution in [3.63, 3.8) is 0 Å². The summed E-state index contributed by atoms with van der Waals surface area (Å²) >= 11 is 0. The van der Waals surface area contributed by atoms with Crippen LogP contribution in [0.2, 0.25) is 0 Å². The van der Waals surface area contributed by atoms with E-state index in [1.165, 1.54) is 12.0 Å². The van der Waals surface area contributed by atoms with E-state index in [-0.39, 0.29) is 5.91 Å². The van der Waals surface area contributed by atoms with E-state index in [0.29, 0.717) is 19.0 Å². The molecule has 0 spiro atoms. The van der Waals surface area contributed by atoms with E-state index in [1.807, 2.05) is 4.68 Å². The Labute approximate surface area is 142 Å². The van der Waals surface area contributed by atoms with Gasteiger partial charge >= 0.3 is 0 Å². The number of nitrogens with zero attached hydrogens (tertiary/aromatic N) is 4. The van der Waals surface area contributed by atoms with Gasteiger partial charge in [0.25, 0.3) is 0 Å². The molecule has 1 aliphatic heterocycles. The fourth-order valence-corrected chi connectivity index (χ4v) is 3.20. The molecular weight excluding hydrogens is 302 g/mol. The third-order valence-electron chi connectivity index (χ3n) is 4.49. The number of rotatable bonds is 6. The van der Waals surface area contributed by atoms with Crippen LogP contribution in [0.4, 0.5) is 0 Å². The van der Waals surface area contributed by atoms with Crippen molar-refractivity contribution in [2.24, 2.45) is 5.92 Å². The van der Waals surface area contributed by atoms with Crippen LogP contribution in [0.5, 0.6) is 0 Å². The van der Waals surface area contributed by atoms with Crippen LogP contribution in [0.1, 0.15) is 24.0 Å². The second-order valence-electron chi connectivity index (χ2n) is 6.62. The van der Waals surface area contributed by atoms with E-state index < -0.39 is 0 Å². The number of hydrogen-bond acceptors (Lipinski definition) is 4. The van der Waals surface area contributed by atoms with Crippen LogP contribution in [0.15, 0.2) is 36.9 Å². The second-order valence-corrected chi connectivity index (χ2v) is 6.62. The first-order valence-electron chi connectivity index (χ1n) is 8.56. The highest BCUT2D eigenvalue weighted by Gasteiger charge is 2.22. The summed E-state index contributed by atoms with van der Waals surface area (Å²) in [4.78, 5) is 18.4. The molecule has 2 aromatic rings. The van der Waals surface area contributed by atoms with Gasteiger partial charge in [0.1, 0.15) is 12.7 Å². The van der Waals surface area contributed by atoms with Crippen molar-refractivity contribution in [2.45, 2.75) is 32.9 Å². The normalized spacial score (nSPS) is 18.5. The van der Waals surface area contributed by atoms with Crippen LogP contribution in [-0.4, -0.2) is 45.2 Å². The van der Waals surface area contributed by atoms with E-state index >= 15 is 0 Å². The minimum Gasteiger partial charge on any atom is -0.351 e. The summed E-state index contributed by atoms with van der Waals surface area (Å²) in [5.74, 6) is 0.627. The van der Waals surface area contributed by atoms with Crippen LogP contribution in [0.25, 0.3) is 0 Å². The molecule has 1 amide bonds. The van der Waals surface area contributed by atoms with E-state index in [4.69, 9.17) is 0 Å². The Balaban J connectivity index is 1.42. The summed E-state index contributed by atoms with van der Waals surface area (Å²) in [6.45, 7) is 5.94. The van der Waals surface area contributed by atoms with Crippen molar-refractivity contribution in [3.8, 4) is 0 Å². The first-order chi connectivity index (χ1) is 11.7. The number of likely N-dealkylation sites (tertiary alicyclic amines) is 1. The smallest absolute Gasteiger partial charge is 0.234 e. The summed E-state index contributed by atoms with van der Waals surface area (Å²) in [6, 6.07) is 8.26. The molecule has 1 aromatic carbocycles. The van der Waals surface area contributed by atoms with Gasteiger partial charge in [-0.1, -0.05) is 29.8 Å². The monoisotopic (exact) mass is 327 g/mol. The number of aryl methyl sites for hydroxylation is 1. The van der Waals surface area contributed by atoms with Crippen molar-refractivity contribution in [3.05, 3.63) is 48.0 Å². The van der Waals surface area contributed by atoms with Gasteiger partial charge in [0, 0.05) is 19.6 Å². The molecule has 1 aliphatic rings. The van der Waals surface area contributed by atoms with Crippen LogP contribution in [0, 0.1) is 12.8 Å². The summed E-state index contributed by atoms with van der Waals surface area (Å²) in [7, 11) is 0. The molecule has 0 bridgehead atoms. The molecule has 1 saturated heterocycles. The van der Waals surface area contributed by atoms with Gasteiger partial charge in [-0.15, -0.1) is 0 Å². The Morgan fingerprint density at radius 1 is 1.33 bits per heavy atom. The number of aromatic nitrogens is 3. The van der Waals surface area contributed by atoms with Gasteiger partial charge in [-0.25, -0.2) is 4.98 Å². The topological polar surface area (TPSA) is 63.1 Å². The highest BCUT2D eigenvalue weighted by Crippen LogP contribution is 2.17. The Bertz CT molecular complexity index is 638. The Morgan fingerprint density at radius 3 is 2.92 bits per heavy atom. The number of nitrogens with one attached hydrogen (secondary N) is 1. The van der Waals surface area contributed by atoms with Crippen LogP contribution in [0.3, 0.4) is 0 Å². The first kappa shape index (κ1) is 16.6. The lowest BCUT2D eigenvalue weighted by Gasteiger charge is -2.32. The maximum Gasteiger partial charge on any atom is 0.234 e. The van der Waals surface area contributed by atoms with Crippen LogP contribution < -0.4 is 5.32 Å². The van der Waals surface area contributed by atoms with Crippen LogP contribution >= 0.6 is 0 Å². The third kappa shape index (κ3) is 4.89. The van der Waals surface area contributed by atoms with Crippen molar-refractivity contribution in [1.82, 2.24) is 25.0 Å². The molecule has 1 fully saturated rings.